The summed E-state index contributed by atoms with van der Waals surface area (Å²) in [5, 5.41) is 6.51. The van der Waals surface area contributed by atoms with Crippen molar-refractivity contribution in [1.82, 2.24) is 10.2 Å². The normalized spacial score (nSPS) is 18.3. The minimum absolute atomic E-state index is 0.0227. The van der Waals surface area contributed by atoms with E-state index in [0.717, 1.165) is 5.82 Å². The van der Waals surface area contributed by atoms with Gasteiger partial charge in [-0.15, -0.1) is 0 Å². The molecule has 0 saturated carbocycles. The van der Waals surface area contributed by atoms with Gasteiger partial charge in [-0.1, -0.05) is 0 Å². The summed E-state index contributed by atoms with van der Waals surface area (Å²) in [7, 11) is 0. The van der Waals surface area contributed by atoms with Crippen LogP contribution in [0.5, 0.6) is 0 Å². The maximum Gasteiger partial charge on any atom is 0.254 e. The molecule has 5 heteroatoms. The van der Waals surface area contributed by atoms with E-state index in [0.29, 0.717) is 13.2 Å². The first kappa shape index (κ1) is 7.30. The van der Waals surface area contributed by atoms with E-state index in [1.807, 2.05) is 0 Å². The van der Waals surface area contributed by atoms with Crippen LogP contribution < -0.4 is 4.90 Å². The first-order chi connectivity index (χ1) is 5.88. The summed E-state index contributed by atoms with van der Waals surface area (Å²) in [6.45, 7) is 1.35. The Morgan fingerprint density at radius 1 is 1.67 bits per heavy atom. The molecule has 1 N–H and O–H groups in total. The lowest BCUT2D eigenvalue weighted by Gasteiger charge is -2.24. The Hall–Kier alpha value is -1.36. The van der Waals surface area contributed by atoms with E-state index in [1.54, 1.807) is 17.2 Å². The zero-order valence-corrected chi connectivity index (χ0v) is 6.49. The number of amides is 1. The Labute approximate surface area is 69.3 Å². The number of carbonyl (C=O) groups excluding carboxylic acids is 1. The van der Waals surface area contributed by atoms with E-state index < -0.39 is 0 Å². The number of ether oxygens (including phenoxy) is 1. The Balaban J connectivity index is 2.17. The van der Waals surface area contributed by atoms with Gasteiger partial charge < -0.3 is 4.74 Å². The van der Waals surface area contributed by atoms with Gasteiger partial charge in [0.25, 0.3) is 5.91 Å². The molecule has 1 aliphatic heterocycles. The Morgan fingerprint density at radius 3 is 3.25 bits per heavy atom. The molecule has 12 heavy (non-hydrogen) atoms. The number of nitrogens with one attached hydrogen (secondary N) is 1. The van der Waals surface area contributed by atoms with E-state index in [4.69, 9.17) is 4.74 Å². The lowest BCUT2D eigenvalue weighted by molar-refractivity contribution is -0.125. The van der Waals surface area contributed by atoms with Crippen molar-refractivity contribution in [3.63, 3.8) is 0 Å². The van der Waals surface area contributed by atoms with Crippen molar-refractivity contribution < 1.29 is 9.53 Å². The Bertz CT molecular complexity index is 270. The van der Waals surface area contributed by atoms with E-state index >= 15 is 0 Å². The second-order valence-electron chi connectivity index (χ2n) is 2.54. The van der Waals surface area contributed by atoms with Gasteiger partial charge in [0, 0.05) is 6.07 Å². The number of rotatable bonds is 1. The largest absolute Gasteiger partial charge is 0.370 e. The Morgan fingerprint density at radius 2 is 2.58 bits per heavy atom. The van der Waals surface area contributed by atoms with Gasteiger partial charge in [0.15, 0.2) is 0 Å². The lowest BCUT2D eigenvalue weighted by atomic mass is 10.4. The molecule has 0 radical (unpaired) electrons. The monoisotopic (exact) mass is 167 g/mol. The van der Waals surface area contributed by atoms with Crippen LogP contribution in [0.1, 0.15) is 0 Å². The number of H-pyrrole nitrogens is 1. The molecule has 5 nitrogen and oxygen atoms in total. The zero-order chi connectivity index (χ0) is 8.39. The van der Waals surface area contributed by atoms with E-state index in [-0.39, 0.29) is 12.5 Å². The minimum atomic E-state index is -0.0227. The molecule has 0 unspecified atom stereocenters. The quantitative estimate of drug-likeness (QED) is 0.628. The number of carbonyl (C=O) groups is 1. The molecule has 1 aromatic heterocycles. The van der Waals surface area contributed by atoms with E-state index in [2.05, 4.69) is 10.2 Å². The second-order valence-corrected chi connectivity index (χ2v) is 2.54. The maximum atomic E-state index is 11.2. The molecular formula is C7H9N3O2. The fourth-order valence-electron chi connectivity index (χ4n) is 1.17. The zero-order valence-electron chi connectivity index (χ0n) is 6.49. The van der Waals surface area contributed by atoms with Crippen molar-refractivity contribution >= 4 is 11.7 Å². The van der Waals surface area contributed by atoms with Crippen LogP contribution in [-0.4, -0.2) is 35.9 Å². The van der Waals surface area contributed by atoms with Gasteiger partial charge in [0.1, 0.15) is 12.4 Å². The standard InChI is InChI=1S/C7H9N3O2/c11-7-5-12-4-3-10(7)6-1-2-8-9-6/h1-2H,3-5H2,(H,8,9). The Kier molecular flexibility index (Phi) is 1.79. The molecule has 0 spiro atoms. The highest BCUT2D eigenvalue weighted by molar-refractivity contribution is 5.93. The average Bonchev–Trinajstić information content (AvgIpc) is 2.57. The first-order valence-corrected chi connectivity index (χ1v) is 3.75. The van der Waals surface area contributed by atoms with Gasteiger partial charge in [0.2, 0.25) is 0 Å². The molecule has 2 heterocycles. The molecule has 0 aromatic carbocycles. The third kappa shape index (κ3) is 1.18. The number of aromatic nitrogens is 2. The van der Waals surface area contributed by atoms with E-state index in [1.165, 1.54) is 0 Å². The fraction of sp³-hybridized carbons (Fsp3) is 0.429. The minimum Gasteiger partial charge on any atom is -0.370 e. The van der Waals surface area contributed by atoms with Crippen molar-refractivity contribution in [2.75, 3.05) is 24.7 Å². The van der Waals surface area contributed by atoms with Crippen molar-refractivity contribution in [3.05, 3.63) is 12.3 Å². The predicted molar refractivity (Wildman–Crippen MR) is 41.8 cm³/mol. The SMILES string of the molecule is O=C1COCCN1c1ccn[nH]1. The van der Waals surface area contributed by atoms with Crippen LogP contribution in [0.25, 0.3) is 0 Å². The van der Waals surface area contributed by atoms with Crippen molar-refractivity contribution in [2.24, 2.45) is 0 Å². The molecular weight excluding hydrogens is 158 g/mol. The fourth-order valence-corrected chi connectivity index (χ4v) is 1.17. The van der Waals surface area contributed by atoms with Gasteiger partial charge in [-0.3, -0.25) is 14.8 Å². The van der Waals surface area contributed by atoms with Crippen LogP contribution in [0.3, 0.4) is 0 Å². The summed E-state index contributed by atoms with van der Waals surface area (Å²) in [6.07, 6.45) is 1.62. The van der Waals surface area contributed by atoms with Gasteiger partial charge in [-0.2, -0.15) is 5.10 Å². The molecule has 1 saturated heterocycles. The summed E-state index contributed by atoms with van der Waals surface area (Å²) >= 11 is 0. The molecule has 1 aliphatic rings. The van der Waals surface area contributed by atoms with Crippen LogP contribution in [0.2, 0.25) is 0 Å². The summed E-state index contributed by atoms with van der Waals surface area (Å²) in [5.74, 6) is 0.716. The van der Waals surface area contributed by atoms with Crippen molar-refractivity contribution in [2.45, 2.75) is 0 Å². The molecule has 64 valence electrons. The van der Waals surface area contributed by atoms with Crippen LogP contribution in [-0.2, 0) is 9.53 Å². The molecule has 0 aliphatic carbocycles. The number of hydrogen-bond donors (Lipinski definition) is 1. The van der Waals surface area contributed by atoms with Gasteiger partial charge in [-0.05, 0) is 0 Å². The summed E-state index contributed by atoms with van der Waals surface area (Å²) in [4.78, 5) is 12.9. The van der Waals surface area contributed by atoms with Crippen LogP contribution in [0.15, 0.2) is 12.3 Å². The topological polar surface area (TPSA) is 58.2 Å². The predicted octanol–water partition coefficient (Wildman–Crippen LogP) is -0.227. The smallest absolute Gasteiger partial charge is 0.254 e. The highest BCUT2D eigenvalue weighted by Gasteiger charge is 2.20. The molecule has 0 atom stereocenters. The third-order valence-electron chi connectivity index (χ3n) is 1.76. The number of anilines is 1. The second kappa shape index (κ2) is 2.94. The van der Waals surface area contributed by atoms with Crippen molar-refractivity contribution in [1.29, 1.82) is 0 Å². The highest BCUT2D eigenvalue weighted by Crippen LogP contribution is 2.10. The summed E-state index contributed by atoms with van der Waals surface area (Å²) in [6, 6.07) is 1.77. The van der Waals surface area contributed by atoms with Gasteiger partial charge in [0.05, 0.1) is 19.3 Å². The summed E-state index contributed by atoms with van der Waals surface area (Å²) in [5.41, 5.74) is 0. The molecule has 1 aromatic rings. The number of nitrogens with zero attached hydrogens (tertiary/aromatic N) is 2. The number of hydrogen-bond acceptors (Lipinski definition) is 3. The van der Waals surface area contributed by atoms with Crippen molar-refractivity contribution in [3.8, 4) is 0 Å². The number of aromatic amines is 1. The van der Waals surface area contributed by atoms with Crippen LogP contribution >= 0.6 is 0 Å². The molecule has 1 fully saturated rings. The highest BCUT2D eigenvalue weighted by atomic mass is 16.5. The van der Waals surface area contributed by atoms with Gasteiger partial charge in [-0.25, -0.2) is 0 Å². The van der Waals surface area contributed by atoms with Crippen LogP contribution in [0, 0.1) is 0 Å². The maximum absolute atomic E-state index is 11.2. The lowest BCUT2D eigenvalue weighted by Crippen LogP contribution is -2.41. The third-order valence-corrected chi connectivity index (χ3v) is 1.76. The molecule has 0 bridgehead atoms. The van der Waals surface area contributed by atoms with Crippen LogP contribution in [0.4, 0.5) is 5.82 Å². The molecule has 2 rings (SSSR count). The average molecular weight is 167 g/mol. The van der Waals surface area contributed by atoms with Gasteiger partial charge >= 0.3 is 0 Å². The summed E-state index contributed by atoms with van der Waals surface area (Å²) < 4.78 is 4.98. The molecule has 1 amide bonds. The number of morpholine rings is 1. The van der Waals surface area contributed by atoms with E-state index in [9.17, 15) is 4.79 Å². The first-order valence-electron chi connectivity index (χ1n) is 3.75.